The van der Waals surface area contributed by atoms with Gasteiger partial charge in [-0.15, -0.1) is 11.3 Å². The maximum Gasteiger partial charge on any atom is 0.262 e. The number of hydrogen-bond acceptors (Lipinski definition) is 5. The van der Waals surface area contributed by atoms with Crippen molar-refractivity contribution in [2.24, 2.45) is 0 Å². The summed E-state index contributed by atoms with van der Waals surface area (Å²) in [7, 11) is 0. The molecule has 0 fully saturated rings. The van der Waals surface area contributed by atoms with Crippen LogP contribution in [-0.2, 0) is 0 Å². The van der Waals surface area contributed by atoms with Gasteiger partial charge < -0.3 is 9.63 Å². The van der Waals surface area contributed by atoms with Crippen LogP contribution in [0, 0.1) is 0 Å². The van der Waals surface area contributed by atoms with Crippen LogP contribution in [0.3, 0.4) is 0 Å². The van der Waals surface area contributed by atoms with Gasteiger partial charge in [0.1, 0.15) is 5.75 Å². The van der Waals surface area contributed by atoms with E-state index in [-0.39, 0.29) is 11.6 Å². The molecule has 0 amide bonds. The van der Waals surface area contributed by atoms with Crippen LogP contribution in [0.1, 0.15) is 0 Å². The minimum Gasteiger partial charge on any atom is -0.507 e. The van der Waals surface area contributed by atoms with E-state index in [2.05, 4.69) is 10.1 Å². The molecular weight excluding hydrogens is 272 g/mol. The minimum absolute atomic E-state index is 0.0175. The van der Waals surface area contributed by atoms with Gasteiger partial charge in [0.15, 0.2) is 0 Å². The fourth-order valence-corrected chi connectivity index (χ4v) is 2.34. The molecule has 0 bridgehead atoms. The molecule has 1 N–H and O–H groups in total. The smallest absolute Gasteiger partial charge is 0.262 e. The van der Waals surface area contributed by atoms with Crippen molar-refractivity contribution < 1.29 is 9.63 Å². The monoisotopic (exact) mass is 278 g/mol. The Kier molecular flexibility index (Phi) is 2.77. The number of rotatable bonds is 2. The highest BCUT2D eigenvalue weighted by molar-refractivity contribution is 7.13. The molecule has 90 valence electrons. The fourth-order valence-electron chi connectivity index (χ4n) is 1.52. The van der Waals surface area contributed by atoms with E-state index in [0.717, 1.165) is 4.88 Å². The first-order valence-electron chi connectivity index (χ1n) is 5.10. The number of phenols is 1. The second kappa shape index (κ2) is 4.44. The average Bonchev–Trinajstić information content (AvgIpc) is 2.99. The third kappa shape index (κ3) is 1.98. The van der Waals surface area contributed by atoms with E-state index in [0.29, 0.717) is 16.4 Å². The molecule has 18 heavy (non-hydrogen) atoms. The third-order valence-corrected chi connectivity index (χ3v) is 3.46. The van der Waals surface area contributed by atoms with Crippen LogP contribution in [0.25, 0.3) is 22.2 Å². The van der Waals surface area contributed by atoms with E-state index in [9.17, 15) is 5.11 Å². The van der Waals surface area contributed by atoms with Gasteiger partial charge in [0, 0.05) is 5.02 Å². The van der Waals surface area contributed by atoms with E-state index < -0.39 is 0 Å². The SMILES string of the molecule is Oc1cc(Cl)ccc1-c1nc(-c2cccs2)no1. The van der Waals surface area contributed by atoms with E-state index in [1.807, 2.05) is 17.5 Å². The molecule has 3 rings (SSSR count). The molecule has 6 heteroatoms. The molecule has 2 heterocycles. The van der Waals surface area contributed by atoms with Gasteiger partial charge in [-0.2, -0.15) is 4.98 Å². The Hall–Kier alpha value is -1.85. The van der Waals surface area contributed by atoms with Crippen molar-refractivity contribution in [3.8, 4) is 27.9 Å². The van der Waals surface area contributed by atoms with Gasteiger partial charge in [0.05, 0.1) is 10.4 Å². The van der Waals surface area contributed by atoms with Crippen molar-refractivity contribution in [2.45, 2.75) is 0 Å². The van der Waals surface area contributed by atoms with Crippen molar-refractivity contribution in [3.05, 3.63) is 40.7 Å². The van der Waals surface area contributed by atoms with Crippen LogP contribution in [0.15, 0.2) is 40.2 Å². The first-order valence-corrected chi connectivity index (χ1v) is 6.36. The summed E-state index contributed by atoms with van der Waals surface area (Å²) in [5.41, 5.74) is 0.467. The second-order valence-corrected chi connectivity index (χ2v) is 4.95. The summed E-state index contributed by atoms with van der Waals surface area (Å²) in [5.74, 6) is 0.797. The summed E-state index contributed by atoms with van der Waals surface area (Å²) in [6.45, 7) is 0. The molecule has 0 radical (unpaired) electrons. The number of hydrogen-bond donors (Lipinski definition) is 1. The highest BCUT2D eigenvalue weighted by Gasteiger charge is 2.14. The molecule has 0 spiro atoms. The molecule has 0 aliphatic rings. The Bertz CT molecular complexity index is 679. The number of benzene rings is 1. The Morgan fingerprint density at radius 2 is 2.17 bits per heavy atom. The van der Waals surface area contributed by atoms with Gasteiger partial charge in [0.25, 0.3) is 5.89 Å². The maximum atomic E-state index is 9.77. The summed E-state index contributed by atoms with van der Waals surface area (Å²) < 4.78 is 5.14. The predicted molar refractivity (Wildman–Crippen MR) is 69.7 cm³/mol. The molecule has 0 aliphatic heterocycles. The van der Waals surface area contributed by atoms with Gasteiger partial charge >= 0.3 is 0 Å². The Labute approximate surface area is 111 Å². The lowest BCUT2D eigenvalue weighted by atomic mass is 10.2. The zero-order valence-electron chi connectivity index (χ0n) is 9.00. The molecule has 2 aromatic heterocycles. The maximum absolute atomic E-state index is 9.77. The van der Waals surface area contributed by atoms with E-state index in [1.54, 1.807) is 12.1 Å². The van der Waals surface area contributed by atoms with Gasteiger partial charge in [-0.3, -0.25) is 0 Å². The summed E-state index contributed by atoms with van der Waals surface area (Å²) >= 11 is 7.29. The van der Waals surface area contributed by atoms with Crippen LogP contribution in [-0.4, -0.2) is 15.2 Å². The summed E-state index contributed by atoms with van der Waals surface area (Å²) in [6.07, 6.45) is 0. The Morgan fingerprint density at radius 1 is 1.28 bits per heavy atom. The van der Waals surface area contributed by atoms with Crippen molar-refractivity contribution in [3.63, 3.8) is 0 Å². The number of halogens is 1. The van der Waals surface area contributed by atoms with E-state index >= 15 is 0 Å². The molecule has 0 saturated carbocycles. The molecule has 3 aromatic rings. The third-order valence-electron chi connectivity index (χ3n) is 2.36. The van der Waals surface area contributed by atoms with Crippen molar-refractivity contribution in [1.82, 2.24) is 10.1 Å². The highest BCUT2D eigenvalue weighted by atomic mass is 35.5. The van der Waals surface area contributed by atoms with Crippen LogP contribution in [0.5, 0.6) is 5.75 Å². The largest absolute Gasteiger partial charge is 0.507 e. The molecule has 0 atom stereocenters. The molecule has 1 aromatic carbocycles. The first kappa shape index (κ1) is 11.3. The van der Waals surface area contributed by atoms with Crippen molar-refractivity contribution >= 4 is 22.9 Å². The number of phenolic OH excluding ortho intramolecular Hbond substituents is 1. The highest BCUT2D eigenvalue weighted by Crippen LogP contribution is 2.32. The second-order valence-electron chi connectivity index (χ2n) is 3.56. The molecular formula is C12H7ClN2O2S. The molecule has 0 saturated heterocycles. The first-order chi connectivity index (χ1) is 8.74. The van der Waals surface area contributed by atoms with Crippen LogP contribution >= 0.6 is 22.9 Å². The lowest BCUT2D eigenvalue weighted by molar-refractivity contribution is 0.426. The van der Waals surface area contributed by atoms with Gasteiger partial charge in [-0.25, -0.2) is 0 Å². The number of thiophene rings is 1. The lowest BCUT2D eigenvalue weighted by Crippen LogP contribution is -1.80. The zero-order chi connectivity index (χ0) is 12.5. The number of aromatic nitrogens is 2. The number of nitrogens with zero attached hydrogens (tertiary/aromatic N) is 2. The predicted octanol–water partition coefficient (Wildman–Crippen LogP) is 3.82. The van der Waals surface area contributed by atoms with Crippen LogP contribution in [0.2, 0.25) is 5.02 Å². The van der Waals surface area contributed by atoms with Crippen LogP contribution in [0.4, 0.5) is 0 Å². The normalized spacial score (nSPS) is 10.7. The van der Waals surface area contributed by atoms with E-state index in [1.165, 1.54) is 17.4 Å². The number of aromatic hydroxyl groups is 1. The van der Waals surface area contributed by atoms with Crippen molar-refractivity contribution in [2.75, 3.05) is 0 Å². The fraction of sp³-hybridized carbons (Fsp3) is 0. The minimum atomic E-state index is 0.0175. The molecule has 0 aliphatic carbocycles. The Morgan fingerprint density at radius 3 is 2.89 bits per heavy atom. The van der Waals surface area contributed by atoms with E-state index in [4.69, 9.17) is 16.1 Å². The molecule has 0 unspecified atom stereocenters. The van der Waals surface area contributed by atoms with Crippen molar-refractivity contribution in [1.29, 1.82) is 0 Å². The average molecular weight is 279 g/mol. The zero-order valence-corrected chi connectivity index (χ0v) is 10.6. The lowest BCUT2D eigenvalue weighted by Gasteiger charge is -1.98. The van der Waals surface area contributed by atoms with Crippen LogP contribution < -0.4 is 0 Å². The quantitative estimate of drug-likeness (QED) is 0.774. The Balaban J connectivity index is 2.03. The van der Waals surface area contributed by atoms with Gasteiger partial charge in [-0.1, -0.05) is 22.8 Å². The summed E-state index contributed by atoms with van der Waals surface area (Å²) in [4.78, 5) is 5.16. The van der Waals surface area contributed by atoms with Gasteiger partial charge in [0.2, 0.25) is 5.82 Å². The summed E-state index contributed by atoms with van der Waals surface area (Å²) in [6, 6.07) is 8.55. The standard InChI is InChI=1S/C12H7ClN2O2S/c13-7-3-4-8(9(16)6-7)12-14-11(15-17-12)10-2-1-5-18-10/h1-6,16H. The van der Waals surface area contributed by atoms with Gasteiger partial charge in [-0.05, 0) is 29.6 Å². The topological polar surface area (TPSA) is 59.2 Å². The molecule has 4 nitrogen and oxygen atoms in total. The summed E-state index contributed by atoms with van der Waals surface area (Å²) in [5, 5.41) is 16.0.